The number of ether oxygens (including phenoxy) is 1. The third-order valence-corrected chi connectivity index (χ3v) is 0.911. The fraction of sp³-hybridized carbons (Fsp3) is 0.500. The average Bonchev–Trinajstić information content (AvgIpc) is 1.98. The Morgan fingerprint density at radius 1 is 1.62 bits per heavy atom. The molecular formula is C4H5NO3. The quantitative estimate of drug-likeness (QED) is 0.299. The van der Waals surface area contributed by atoms with Crippen LogP contribution in [0.3, 0.4) is 0 Å². The Morgan fingerprint density at radius 2 is 2.25 bits per heavy atom. The minimum Gasteiger partial charge on any atom is -0.437 e. The van der Waals surface area contributed by atoms with E-state index in [1.165, 1.54) is 11.9 Å². The van der Waals surface area contributed by atoms with Gasteiger partial charge in [0.15, 0.2) is 6.73 Å². The van der Waals surface area contributed by atoms with E-state index in [-0.39, 0.29) is 6.73 Å². The number of carbonyl (C=O) groups is 2. The Bertz CT molecular complexity index is 142. The van der Waals surface area contributed by atoms with Crippen LogP contribution in [0.5, 0.6) is 0 Å². The van der Waals surface area contributed by atoms with E-state index >= 15 is 0 Å². The van der Waals surface area contributed by atoms with Crippen molar-refractivity contribution in [1.29, 1.82) is 0 Å². The average molecular weight is 115 g/mol. The lowest BCUT2D eigenvalue weighted by Crippen LogP contribution is -2.22. The van der Waals surface area contributed by atoms with Gasteiger partial charge in [-0.2, -0.15) is 0 Å². The monoisotopic (exact) mass is 115 g/mol. The van der Waals surface area contributed by atoms with Crippen molar-refractivity contribution < 1.29 is 14.3 Å². The Balaban J connectivity index is 2.71. The highest BCUT2D eigenvalue weighted by atomic mass is 16.6. The van der Waals surface area contributed by atoms with Crippen molar-refractivity contribution in [1.82, 2.24) is 4.90 Å². The molecule has 0 N–H and O–H groups in total. The second kappa shape index (κ2) is 1.47. The summed E-state index contributed by atoms with van der Waals surface area (Å²) in [5.74, 6) is -1.32. The highest BCUT2D eigenvalue weighted by molar-refractivity contribution is 6.33. The van der Waals surface area contributed by atoms with Crippen LogP contribution < -0.4 is 0 Å². The molecule has 4 nitrogen and oxygen atoms in total. The van der Waals surface area contributed by atoms with Crippen molar-refractivity contribution in [2.24, 2.45) is 0 Å². The van der Waals surface area contributed by atoms with E-state index < -0.39 is 11.9 Å². The zero-order chi connectivity index (χ0) is 6.15. The number of hydrogen-bond donors (Lipinski definition) is 0. The summed E-state index contributed by atoms with van der Waals surface area (Å²) in [4.78, 5) is 21.7. The largest absolute Gasteiger partial charge is 0.437 e. The fourth-order valence-corrected chi connectivity index (χ4v) is 0.432. The maximum atomic E-state index is 10.4. The van der Waals surface area contributed by atoms with Crippen LogP contribution in [0.25, 0.3) is 0 Å². The molecule has 4 heteroatoms. The summed E-state index contributed by atoms with van der Waals surface area (Å²) in [7, 11) is 1.51. The summed E-state index contributed by atoms with van der Waals surface area (Å²) < 4.78 is 4.31. The molecule has 0 saturated carbocycles. The first kappa shape index (κ1) is 5.08. The van der Waals surface area contributed by atoms with Gasteiger partial charge >= 0.3 is 11.9 Å². The number of cyclic esters (lactones) is 1. The minimum absolute atomic E-state index is 0.0949. The molecule has 0 unspecified atom stereocenters. The van der Waals surface area contributed by atoms with E-state index in [4.69, 9.17) is 0 Å². The van der Waals surface area contributed by atoms with Crippen LogP contribution in [0.15, 0.2) is 0 Å². The molecule has 0 spiro atoms. The van der Waals surface area contributed by atoms with Gasteiger partial charge in [0, 0.05) is 7.05 Å². The van der Waals surface area contributed by atoms with Crippen LogP contribution in [-0.2, 0) is 14.3 Å². The number of likely N-dealkylation sites (N-methyl/N-ethyl adjacent to an activating group) is 1. The van der Waals surface area contributed by atoms with Gasteiger partial charge in [0.05, 0.1) is 0 Å². The van der Waals surface area contributed by atoms with Crippen LogP contribution in [0.2, 0.25) is 0 Å². The highest BCUT2D eigenvalue weighted by Gasteiger charge is 2.27. The first-order chi connectivity index (χ1) is 3.72. The summed E-state index contributed by atoms with van der Waals surface area (Å²) in [5.41, 5.74) is 0. The van der Waals surface area contributed by atoms with E-state index in [1.807, 2.05) is 0 Å². The molecule has 0 aromatic carbocycles. The second-order valence-electron chi connectivity index (χ2n) is 1.56. The first-order valence-corrected chi connectivity index (χ1v) is 2.14. The van der Waals surface area contributed by atoms with Crippen molar-refractivity contribution in [3.05, 3.63) is 0 Å². The summed E-state index contributed by atoms with van der Waals surface area (Å²) in [6.45, 7) is 0.0949. The Labute approximate surface area is 46.0 Å². The third kappa shape index (κ3) is 0.538. The van der Waals surface area contributed by atoms with Crippen LogP contribution in [0, 0.1) is 0 Å². The Kier molecular flexibility index (Phi) is 0.932. The van der Waals surface area contributed by atoms with Crippen LogP contribution in [-0.4, -0.2) is 30.6 Å². The Hall–Kier alpha value is -1.06. The SMILES string of the molecule is CN1COC(=O)C1=O. The summed E-state index contributed by atoms with van der Waals surface area (Å²) in [6, 6.07) is 0. The highest BCUT2D eigenvalue weighted by Crippen LogP contribution is 1.97. The molecular weight excluding hydrogens is 110 g/mol. The van der Waals surface area contributed by atoms with Gasteiger partial charge in [-0.05, 0) is 0 Å². The molecule has 1 saturated heterocycles. The standard InChI is InChI=1S/C4H5NO3/c1-5-2-8-4(7)3(5)6/h2H2,1H3. The molecule has 1 aliphatic heterocycles. The van der Waals surface area contributed by atoms with E-state index in [1.54, 1.807) is 0 Å². The van der Waals surface area contributed by atoms with Gasteiger partial charge in [-0.25, -0.2) is 4.79 Å². The van der Waals surface area contributed by atoms with Crippen molar-refractivity contribution in [2.45, 2.75) is 0 Å². The molecule has 0 aromatic rings. The lowest BCUT2D eigenvalue weighted by Gasteiger charge is -1.98. The van der Waals surface area contributed by atoms with Crippen LogP contribution in [0.4, 0.5) is 0 Å². The summed E-state index contributed by atoms with van der Waals surface area (Å²) >= 11 is 0. The number of rotatable bonds is 0. The predicted octanol–water partition coefficient (Wildman–Crippen LogP) is -1.04. The van der Waals surface area contributed by atoms with Gasteiger partial charge in [-0.1, -0.05) is 0 Å². The molecule has 1 fully saturated rings. The zero-order valence-electron chi connectivity index (χ0n) is 4.38. The zero-order valence-corrected chi connectivity index (χ0v) is 4.38. The van der Waals surface area contributed by atoms with Gasteiger partial charge in [-0.15, -0.1) is 0 Å². The lowest BCUT2D eigenvalue weighted by atomic mass is 10.6. The predicted molar refractivity (Wildman–Crippen MR) is 23.7 cm³/mol. The van der Waals surface area contributed by atoms with E-state index in [0.717, 1.165) is 0 Å². The number of hydrogen-bond acceptors (Lipinski definition) is 3. The van der Waals surface area contributed by atoms with Gasteiger partial charge in [0.2, 0.25) is 0 Å². The molecule has 0 aliphatic carbocycles. The van der Waals surface area contributed by atoms with E-state index in [2.05, 4.69) is 4.74 Å². The molecule has 0 atom stereocenters. The minimum atomic E-state index is -0.757. The lowest BCUT2D eigenvalue weighted by molar-refractivity contribution is -0.147. The molecule has 0 radical (unpaired) electrons. The molecule has 1 aliphatic rings. The fourth-order valence-electron chi connectivity index (χ4n) is 0.432. The summed E-state index contributed by atoms with van der Waals surface area (Å²) in [6.07, 6.45) is 0. The molecule has 1 heterocycles. The number of esters is 1. The topological polar surface area (TPSA) is 46.6 Å². The van der Waals surface area contributed by atoms with Gasteiger partial charge in [-0.3, -0.25) is 4.79 Å². The van der Waals surface area contributed by atoms with E-state index in [9.17, 15) is 9.59 Å². The normalized spacial score (nSPS) is 19.4. The van der Waals surface area contributed by atoms with E-state index in [0.29, 0.717) is 0 Å². The van der Waals surface area contributed by atoms with Crippen molar-refractivity contribution in [3.8, 4) is 0 Å². The first-order valence-electron chi connectivity index (χ1n) is 2.14. The van der Waals surface area contributed by atoms with Crippen molar-refractivity contribution >= 4 is 11.9 Å². The number of carbonyl (C=O) groups excluding carboxylic acids is 2. The number of amides is 1. The smallest absolute Gasteiger partial charge is 0.398 e. The Morgan fingerprint density at radius 3 is 2.38 bits per heavy atom. The van der Waals surface area contributed by atoms with Gasteiger partial charge in [0.1, 0.15) is 0 Å². The van der Waals surface area contributed by atoms with Crippen molar-refractivity contribution in [2.75, 3.05) is 13.8 Å². The van der Waals surface area contributed by atoms with Crippen molar-refractivity contribution in [3.63, 3.8) is 0 Å². The molecule has 8 heavy (non-hydrogen) atoms. The molecule has 0 aromatic heterocycles. The van der Waals surface area contributed by atoms with Crippen LogP contribution in [0.1, 0.15) is 0 Å². The summed E-state index contributed by atoms with van der Waals surface area (Å²) in [5, 5.41) is 0. The number of nitrogens with zero attached hydrogens (tertiary/aromatic N) is 1. The molecule has 1 amide bonds. The maximum absolute atomic E-state index is 10.4. The molecule has 0 bridgehead atoms. The molecule has 44 valence electrons. The van der Waals surface area contributed by atoms with Gasteiger partial charge < -0.3 is 9.64 Å². The maximum Gasteiger partial charge on any atom is 0.398 e. The van der Waals surface area contributed by atoms with Gasteiger partial charge in [0.25, 0.3) is 0 Å². The third-order valence-electron chi connectivity index (χ3n) is 0.911. The molecule has 1 rings (SSSR count). The second-order valence-corrected chi connectivity index (χ2v) is 1.56. The van der Waals surface area contributed by atoms with Crippen LogP contribution >= 0.6 is 0 Å².